The summed E-state index contributed by atoms with van der Waals surface area (Å²) >= 11 is 5.41. The van der Waals surface area contributed by atoms with Gasteiger partial charge in [-0.05, 0) is 31.1 Å². The Balaban J connectivity index is 1.58. The van der Waals surface area contributed by atoms with E-state index in [0.717, 1.165) is 60.9 Å². The second-order valence-electron chi connectivity index (χ2n) is 6.57. The van der Waals surface area contributed by atoms with E-state index in [4.69, 9.17) is 21.7 Å². The molecule has 0 atom stereocenters. The summed E-state index contributed by atoms with van der Waals surface area (Å²) in [5.41, 5.74) is 0.861. The number of benzene rings is 1. The molecule has 7 nitrogen and oxygen atoms in total. The normalized spacial score (nSPS) is 18.3. The van der Waals surface area contributed by atoms with Crippen LogP contribution in [0, 0.1) is 0 Å². The van der Waals surface area contributed by atoms with Crippen LogP contribution in [0.15, 0.2) is 18.5 Å². The number of nitrogens with one attached hydrogen (secondary N) is 1. The first-order valence-corrected chi connectivity index (χ1v) is 9.28. The number of aromatic nitrogens is 2. The van der Waals surface area contributed by atoms with Crippen LogP contribution in [0.1, 0.15) is 12.8 Å². The molecule has 26 heavy (non-hydrogen) atoms. The predicted molar refractivity (Wildman–Crippen MR) is 105 cm³/mol. The molecule has 0 saturated carbocycles. The highest BCUT2D eigenvalue weighted by Gasteiger charge is 2.29. The van der Waals surface area contributed by atoms with Crippen LogP contribution in [-0.2, 0) is 0 Å². The van der Waals surface area contributed by atoms with Gasteiger partial charge in [0.05, 0.1) is 19.7 Å². The molecule has 2 aliphatic heterocycles. The van der Waals surface area contributed by atoms with Crippen molar-refractivity contribution in [3.05, 3.63) is 18.5 Å². The third kappa shape index (κ3) is 2.98. The Hall–Kier alpha value is -2.35. The van der Waals surface area contributed by atoms with Crippen LogP contribution in [0.5, 0.6) is 11.5 Å². The van der Waals surface area contributed by atoms with Gasteiger partial charge in [0.15, 0.2) is 16.6 Å². The van der Waals surface area contributed by atoms with Crippen molar-refractivity contribution in [1.29, 1.82) is 0 Å². The number of hydrogen-bond donors (Lipinski definition) is 1. The average Bonchev–Trinajstić information content (AvgIpc) is 3.12. The lowest BCUT2D eigenvalue weighted by molar-refractivity contribution is 0.288. The fourth-order valence-electron chi connectivity index (χ4n) is 3.85. The standard InChI is InChI=1S/C18H23N5O2S/c1-24-15-9-13-14(10-16(15)25-2)20-11-21-17(13)22-6-3-12(4-7-22)23-8-5-19-18(23)26/h9-12H,3-8H2,1-2H3,(H,19,26). The van der Waals surface area contributed by atoms with Gasteiger partial charge in [-0.2, -0.15) is 0 Å². The molecule has 0 spiro atoms. The third-order valence-corrected chi connectivity index (χ3v) is 5.59. The van der Waals surface area contributed by atoms with Gasteiger partial charge in [0.1, 0.15) is 12.1 Å². The minimum Gasteiger partial charge on any atom is -0.493 e. The molecule has 4 rings (SSSR count). The van der Waals surface area contributed by atoms with Crippen LogP contribution in [0.4, 0.5) is 5.82 Å². The van der Waals surface area contributed by atoms with Crippen LogP contribution >= 0.6 is 12.2 Å². The maximum absolute atomic E-state index is 5.46. The number of ether oxygens (including phenoxy) is 2. The van der Waals surface area contributed by atoms with Crippen LogP contribution in [0.3, 0.4) is 0 Å². The molecule has 2 saturated heterocycles. The van der Waals surface area contributed by atoms with Crippen LogP contribution in [0.2, 0.25) is 0 Å². The van der Waals surface area contributed by atoms with Crippen molar-refractivity contribution in [2.75, 3.05) is 45.3 Å². The minimum absolute atomic E-state index is 0.511. The second-order valence-corrected chi connectivity index (χ2v) is 6.95. The zero-order valence-corrected chi connectivity index (χ0v) is 15.9. The van der Waals surface area contributed by atoms with Gasteiger partial charge in [-0.3, -0.25) is 0 Å². The first-order valence-electron chi connectivity index (χ1n) is 8.87. The van der Waals surface area contributed by atoms with E-state index in [1.165, 1.54) is 0 Å². The number of piperidine rings is 1. The molecule has 8 heteroatoms. The van der Waals surface area contributed by atoms with Crippen molar-refractivity contribution in [3.63, 3.8) is 0 Å². The highest BCUT2D eigenvalue weighted by Crippen LogP contribution is 2.35. The van der Waals surface area contributed by atoms with Gasteiger partial charge < -0.3 is 24.6 Å². The van der Waals surface area contributed by atoms with E-state index in [9.17, 15) is 0 Å². The lowest BCUT2D eigenvalue weighted by Gasteiger charge is -2.37. The Morgan fingerprint density at radius 3 is 2.46 bits per heavy atom. The van der Waals surface area contributed by atoms with E-state index >= 15 is 0 Å². The summed E-state index contributed by atoms with van der Waals surface area (Å²) in [6, 6.07) is 4.38. The van der Waals surface area contributed by atoms with E-state index in [-0.39, 0.29) is 0 Å². The summed E-state index contributed by atoms with van der Waals surface area (Å²) in [5, 5.41) is 5.14. The van der Waals surface area contributed by atoms with Gasteiger partial charge in [-0.15, -0.1) is 0 Å². The highest BCUT2D eigenvalue weighted by molar-refractivity contribution is 7.80. The number of methoxy groups -OCH3 is 2. The Kier molecular flexibility index (Phi) is 4.67. The predicted octanol–water partition coefficient (Wildman–Crippen LogP) is 1.81. The van der Waals surface area contributed by atoms with Crippen molar-refractivity contribution < 1.29 is 9.47 Å². The molecule has 0 aliphatic carbocycles. The first-order chi connectivity index (χ1) is 12.7. The monoisotopic (exact) mass is 373 g/mol. The van der Waals surface area contributed by atoms with Gasteiger partial charge in [-0.1, -0.05) is 0 Å². The van der Waals surface area contributed by atoms with Crippen LogP contribution in [0.25, 0.3) is 10.9 Å². The van der Waals surface area contributed by atoms with Crippen LogP contribution in [-0.4, -0.2) is 66.4 Å². The number of anilines is 1. The first kappa shape index (κ1) is 17.1. The zero-order chi connectivity index (χ0) is 18.1. The molecule has 2 fully saturated rings. The van der Waals surface area contributed by atoms with E-state index in [1.54, 1.807) is 20.5 Å². The second kappa shape index (κ2) is 7.11. The van der Waals surface area contributed by atoms with E-state index in [0.29, 0.717) is 17.5 Å². The van der Waals surface area contributed by atoms with Crippen molar-refractivity contribution in [1.82, 2.24) is 20.2 Å². The quantitative estimate of drug-likeness (QED) is 0.814. The maximum atomic E-state index is 5.46. The molecule has 0 unspecified atom stereocenters. The van der Waals surface area contributed by atoms with E-state index in [1.807, 2.05) is 12.1 Å². The van der Waals surface area contributed by atoms with Crippen LogP contribution < -0.4 is 19.7 Å². The highest BCUT2D eigenvalue weighted by atomic mass is 32.1. The summed E-state index contributed by atoms with van der Waals surface area (Å²) in [6.07, 6.45) is 3.76. The Morgan fingerprint density at radius 1 is 1.08 bits per heavy atom. The largest absolute Gasteiger partial charge is 0.493 e. The molecule has 3 heterocycles. The molecule has 1 N–H and O–H groups in total. The topological polar surface area (TPSA) is 62.8 Å². The summed E-state index contributed by atoms with van der Waals surface area (Å²) < 4.78 is 10.8. The molecule has 0 amide bonds. The molecule has 2 aromatic rings. The number of nitrogens with zero attached hydrogens (tertiary/aromatic N) is 4. The van der Waals surface area contributed by atoms with Crippen molar-refractivity contribution >= 4 is 34.1 Å². The summed E-state index contributed by atoms with van der Waals surface area (Å²) in [6.45, 7) is 3.86. The summed E-state index contributed by atoms with van der Waals surface area (Å²) in [7, 11) is 3.28. The molecule has 0 radical (unpaired) electrons. The van der Waals surface area contributed by atoms with Gasteiger partial charge in [0.2, 0.25) is 0 Å². The van der Waals surface area contributed by atoms with E-state index < -0.39 is 0 Å². The number of rotatable bonds is 4. The summed E-state index contributed by atoms with van der Waals surface area (Å²) in [4.78, 5) is 13.6. The van der Waals surface area contributed by atoms with Gasteiger partial charge >= 0.3 is 0 Å². The Morgan fingerprint density at radius 2 is 1.81 bits per heavy atom. The van der Waals surface area contributed by atoms with Crippen molar-refractivity contribution in [2.45, 2.75) is 18.9 Å². The maximum Gasteiger partial charge on any atom is 0.169 e. The Bertz CT molecular complexity index is 823. The lowest BCUT2D eigenvalue weighted by atomic mass is 10.0. The van der Waals surface area contributed by atoms with Crippen molar-refractivity contribution in [3.8, 4) is 11.5 Å². The van der Waals surface area contributed by atoms with E-state index in [2.05, 4.69) is 25.1 Å². The number of fused-ring (bicyclic) bond motifs is 1. The molecule has 1 aromatic heterocycles. The van der Waals surface area contributed by atoms with Gasteiger partial charge in [0, 0.05) is 43.7 Å². The molecular weight excluding hydrogens is 350 g/mol. The molecular formula is C18H23N5O2S. The third-order valence-electron chi connectivity index (χ3n) is 5.21. The SMILES string of the molecule is COc1cc2ncnc(N3CCC(N4CCNC4=S)CC3)c2cc1OC. The Labute approximate surface area is 158 Å². The molecule has 1 aromatic carbocycles. The number of hydrogen-bond acceptors (Lipinski definition) is 6. The molecule has 0 bridgehead atoms. The smallest absolute Gasteiger partial charge is 0.169 e. The number of thiocarbonyl (C=S) groups is 1. The lowest BCUT2D eigenvalue weighted by Crippen LogP contribution is -2.46. The fraction of sp³-hybridized carbons (Fsp3) is 0.500. The van der Waals surface area contributed by atoms with Gasteiger partial charge in [-0.25, -0.2) is 9.97 Å². The molecule has 2 aliphatic rings. The fourth-order valence-corrected chi connectivity index (χ4v) is 4.19. The van der Waals surface area contributed by atoms with Gasteiger partial charge in [0.25, 0.3) is 0 Å². The van der Waals surface area contributed by atoms with Crippen molar-refractivity contribution in [2.24, 2.45) is 0 Å². The average molecular weight is 373 g/mol. The molecule has 138 valence electrons. The summed E-state index contributed by atoms with van der Waals surface area (Å²) in [5.74, 6) is 2.33. The minimum atomic E-state index is 0.511. The zero-order valence-electron chi connectivity index (χ0n) is 15.1.